The summed E-state index contributed by atoms with van der Waals surface area (Å²) in [5.41, 5.74) is 17.7. The van der Waals surface area contributed by atoms with Crippen LogP contribution in [0.25, 0.3) is 0 Å². The van der Waals surface area contributed by atoms with Crippen LogP contribution in [0.3, 0.4) is 0 Å². The van der Waals surface area contributed by atoms with Gasteiger partial charge >= 0.3 is 5.97 Å². The van der Waals surface area contributed by atoms with Crippen LogP contribution in [0, 0.1) is 5.92 Å². The average Bonchev–Trinajstić information content (AvgIpc) is 2.86. The van der Waals surface area contributed by atoms with Crippen LogP contribution < -0.4 is 33.2 Å². The van der Waals surface area contributed by atoms with Crippen molar-refractivity contribution < 1.29 is 24.3 Å². The normalized spacial score (nSPS) is 14.3. The Hall–Kier alpha value is -3.02. The molecule has 37 heavy (non-hydrogen) atoms. The molecule has 0 saturated carbocycles. The Bertz CT molecular complexity index is 851. The average molecular weight is 521 g/mol. The Morgan fingerprint density at radius 1 is 0.784 bits per heavy atom. The molecule has 0 saturated heterocycles. The Morgan fingerprint density at radius 2 is 1.35 bits per heavy atom. The quantitative estimate of drug-likeness (QED) is 0.131. The number of amides is 3. The molecular weight excluding hydrogens is 476 g/mol. The summed E-state index contributed by atoms with van der Waals surface area (Å²) >= 11 is 0. The van der Waals surface area contributed by atoms with Crippen molar-refractivity contribution in [3.8, 4) is 0 Å². The van der Waals surface area contributed by atoms with Crippen LogP contribution in [-0.4, -0.2) is 66.1 Å². The monoisotopic (exact) mass is 520 g/mol. The Kier molecular flexibility index (Phi) is 15.1. The van der Waals surface area contributed by atoms with Gasteiger partial charge < -0.3 is 38.3 Å². The minimum atomic E-state index is -1.16. The number of nitrogens with two attached hydrogens (primary N) is 3. The topological polar surface area (TPSA) is 203 Å². The van der Waals surface area contributed by atoms with E-state index >= 15 is 0 Å². The number of carboxylic acid groups (broad SMARTS) is 1. The van der Waals surface area contributed by atoms with Gasteiger partial charge in [0, 0.05) is 6.42 Å². The second-order valence-electron chi connectivity index (χ2n) is 9.56. The largest absolute Gasteiger partial charge is 0.480 e. The molecule has 11 nitrogen and oxygen atoms in total. The van der Waals surface area contributed by atoms with Gasteiger partial charge in [-0.15, -0.1) is 0 Å². The van der Waals surface area contributed by atoms with Crippen molar-refractivity contribution in [2.45, 2.75) is 83.0 Å². The highest BCUT2D eigenvalue weighted by atomic mass is 16.4. The van der Waals surface area contributed by atoms with Crippen molar-refractivity contribution in [3.05, 3.63) is 35.9 Å². The molecule has 3 amide bonds. The molecule has 0 spiro atoms. The van der Waals surface area contributed by atoms with Crippen LogP contribution in [0.5, 0.6) is 0 Å². The maximum Gasteiger partial charge on any atom is 0.326 e. The van der Waals surface area contributed by atoms with Crippen LogP contribution in [0.1, 0.15) is 57.9 Å². The van der Waals surface area contributed by atoms with Crippen molar-refractivity contribution >= 4 is 23.7 Å². The van der Waals surface area contributed by atoms with E-state index in [1.165, 1.54) is 0 Å². The second-order valence-corrected chi connectivity index (χ2v) is 9.56. The number of benzene rings is 1. The minimum absolute atomic E-state index is 0.144. The van der Waals surface area contributed by atoms with Gasteiger partial charge in [0.25, 0.3) is 0 Å². The van der Waals surface area contributed by atoms with Crippen molar-refractivity contribution in [1.29, 1.82) is 0 Å². The molecule has 0 aromatic heterocycles. The van der Waals surface area contributed by atoms with E-state index in [1.54, 1.807) is 13.8 Å². The lowest BCUT2D eigenvalue weighted by molar-refractivity contribution is -0.142. The number of carboxylic acids is 1. The molecule has 0 aliphatic carbocycles. The molecule has 0 aliphatic rings. The summed E-state index contributed by atoms with van der Waals surface area (Å²) in [5.74, 6) is -3.08. The SMILES string of the molecule is CC(C)C(NC(=O)C(N)CCCCN)C(=O)NC(Cc1ccccc1)C(=O)NC(CCCCN)C(=O)O. The van der Waals surface area contributed by atoms with Gasteiger partial charge in [0.2, 0.25) is 17.7 Å². The summed E-state index contributed by atoms with van der Waals surface area (Å²) in [6.45, 7) is 4.47. The smallest absolute Gasteiger partial charge is 0.326 e. The van der Waals surface area contributed by atoms with Crippen molar-refractivity contribution in [1.82, 2.24) is 16.0 Å². The summed E-state index contributed by atoms with van der Waals surface area (Å²) in [6.07, 6.45) is 3.41. The van der Waals surface area contributed by atoms with Crippen LogP contribution in [0.2, 0.25) is 0 Å². The highest BCUT2D eigenvalue weighted by Crippen LogP contribution is 2.09. The standard InChI is InChI=1S/C26H44N6O5/c1-17(2)22(32-23(33)19(29)12-6-8-14-27)25(35)31-21(16-18-10-4-3-5-11-18)24(34)30-20(26(36)37)13-7-9-15-28/h3-5,10-11,17,19-22H,6-9,12-16,27-29H2,1-2H3,(H,30,34)(H,31,35)(H,32,33)(H,36,37). The van der Waals surface area contributed by atoms with Gasteiger partial charge in [0.05, 0.1) is 6.04 Å². The third-order valence-electron chi connectivity index (χ3n) is 6.03. The lowest BCUT2D eigenvalue weighted by Gasteiger charge is -2.27. The van der Waals surface area contributed by atoms with E-state index in [4.69, 9.17) is 17.2 Å². The molecule has 0 heterocycles. The van der Waals surface area contributed by atoms with Gasteiger partial charge in [-0.05, 0) is 56.7 Å². The van der Waals surface area contributed by atoms with E-state index in [0.717, 1.165) is 12.0 Å². The molecule has 4 atom stereocenters. The number of carbonyl (C=O) groups excluding carboxylic acids is 3. The van der Waals surface area contributed by atoms with Gasteiger partial charge in [0.15, 0.2) is 0 Å². The van der Waals surface area contributed by atoms with Crippen molar-refractivity contribution in [3.63, 3.8) is 0 Å². The van der Waals surface area contributed by atoms with E-state index in [-0.39, 0.29) is 18.8 Å². The predicted octanol–water partition coefficient (Wildman–Crippen LogP) is 0.00940. The van der Waals surface area contributed by atoms with E-state index in [2.05, 4.69) is 16.0 Å². The number of unbranched alkanes of at least 4 members (excludes halogenated alkanes) is 2. The van der Waals surface area contributed by atoms with Crippen LogP contribution in [0.4, 0.5) is 0 Å². The molecule has 208 valence electrons. The first kappa shape index (κ1) is 32.0. The number of hydrogen-bond donors (Lipinski definition) is 7. The minimum Gasteiger partial charge on any atom is -0.480 e. The molecule has 1 rings (SSSR count). The van der Waals surface area contributed by atoms with Gasteiger partial charge in [-0.1, -0.05) is 50.6 Å². The number of nitrogens with one attached hydrogen (secondary N) is 3. The number of carbonyl (C=O) groups is 4. The van der Waals surface area contributed by atoms with E-state index < -0.39 is 47.9 Å². The van der Waals surface area contributed by atoms with Gasteiger partial charge in [0.1, 0.15) is 18.1 Å². The summed E-state index contributed by atoms with van der Waals surface area (Å²) in [7, 11) is 0. The molecular formula is C26H44N6O5. The maximum atomic E-state index is 13.2. The fraction of sp³-hybridized carbons (Fsp3) is 0.615. The van der Waals surface area contributed by atoms with Crippen molar-refractivity contribution in [2.75, 3.05) is 13.1 Å². The first-order chi connectivity index (χ1) is 17.6. The lowest BCUT2D eigenvalue weighted by Crippen LogP contribution is -2.58. The zero-order valence-electron chi connectivity index (χ0n) is 21.9. The fourth-order valence-electron chi connectivity index (χ4n) is 3.78. The van der Waals surface area contributed by atoms with Crippen LogP contribution in [0.15, 0.2) is 30.3 Å². The molecule has 11 heteroatoms. The Morgan fingerprint density at radius 3 is 1.89 bits per heavy atom. The van der Waals surface area contributed by atoms with E-state index in [1.807, 2.05) is 30.3 Å². The molecule has 1 aromatic rings. The van der Waals surface area contributed by atoms with Crippen LogP contribution in [-0.2, 0) is 25.6 Å². The summed E-state index contributed by atoms with van der Waals surface area (Å²) in [4.78, 5) is 50.7. The van der Waals surface area contributed by atoms with Gasteiger partial charge in [-0.3, -0.25) is 14.4 Å². The van der Waals surface area contributed by atoms with Crippen molar-refractivity contribution in [2.24, 2.45) is 23.1 Å². The Balaban J connectivity index is 3.01. The summed E-state index contributed by atoms with van der Waals surface area (Å²) in [6, 6.07) is 5.19. The molecule has 0 radical (unpaired) electrons. The third-order valence-corrected chi connectivity index (χ3v) is 6.03. The zero-order chi connectivity index (χ0) is 27.8. The highest BCUT2D eigenvalue weighted by molar-refractivity contribution is 5.94. The molecule has 10 N–H and O–H groups in total. The molecule has 0 bridgehead atoms. The fourth-order valence-corrected chi connectivity index (χ4v) is 3.78. The summed E-state index contributed by atoms with van der Waals surface area (Å²) in [5, 5.41) is 17.5. The number of rotatable bonds is 18. The van der Waals surface area contributed by atoms with Gasteiger partial charge in [-0.25, -0.2) is 4.79 Å². The third kappa shape index (κ3) is 12.2. The molecule has 0 fully saturated rings. The predicted molar refractivity (Wildman–Crippen MR) is 142 cm³/mol. The highest BCUT2D eigenvalue weighted by Gasteiger charge is 2.31. The first-order valence-corrected chi connectivity index (χ1v) is 12.9. The number of aliphatic carboxylic acids is 1. The second kappa shape index (κ2) is 17.4. The number of hydrogen-bond acceptors (Lipinski definition) is 7. The molecule has 1 aromatic carbocycles. The molecule has 0 aliphatic heterocycles. The zero-order valence-corrected chi connectivity index (χ0v) is 21.9. The maximum absolute atomic E-state index is 13.2. The van der Waals surface area contributed by atoms with Gasteiger partial charge in [-0.2, -0.15) is 0 Å². The summed E-state index contributed by atoms with van der Waals surface area (Å²) < 4.78 is 0. The van der Waals surface area contributed by atoms with E-state index in [0.29, 0.717) is 38.8 Å². The Labute approximate surface area is 219 Å². The lowest BCUT2D eigenvalue weighted by atomic mass is 9.99. The first-order valence-electron chi connectivity index (χ1n) is 12.9. The van der Waals surface area contributed by atoms with Crippen LogP contribution >= 0.6 is 0 Å². The molecule has 4 unspecified atom stereocenters. The van der Waals surface area contributed by atoms with E-state index in [9.17, 15) is 24.3 Å².